The van der Waals surface area contributed by atoms with Gasteiger partial charge in [0.2, 0.25) is 0 Å². The van der Waals surface area contributed by atoms with Crippen LogP contribution in [0.15, 0.2) is 36.8 Å². The SMILES string of the molecule is O=Cc1cc(-c2cccnc2)c(Cl)cn1. The minimum absolute atomic E-state index is 0.359. The molecule has 0 fully saturated rings. The van der Waals surface area contributed by atoms with Crippen molar-refractivity contribution < 1.29 is 4.79 Å². The van der Waals surface area contributed by atoms with E-state index in [9.17, 15) is 4.79 Å². The van der Waals surface area contributed by atoms with Crippen molar-refractivity contribution in [2.24, 2.45) is 0 Å². The van der Waals surface area contributed by atoms with E-state index < -0.39 is 0 Å². The van der Waals surface area contributed by atoms with Crippen LogP contribution in [0.3, 0.4) is 0 Å². The van der Waals surface area contributed by atoms with Crippen LogP contribution in [0.2, 0.25) is 5.02 Å². The van der Waals surface area contributed by atoms with Gasteiger partial charge in [-0.25, -0.2) is 0 Å². The number of rotatable bonds is 2. The van der Waals surface area contributed by atoms with E-state index in [0.717, 1.165) is 11.1 Å². The van der Waals surface area contributed by atoms with Crippen molar-refractivity contribution in [1.29, 1.82) is 0 Å². The smallest absolute Gasteiger partial charge is 0.168 e. The number of carbonyl (C=O) groups excluding carboxylic acids is 1. The maximum atomic E-state index is 10.6. The lowest BCUT2D eigenvalue weighted by Gasteiger charge is -2.03. The summed E-state index contributed by atoms with van der Waals surface area (Å²) in [5.74, 6) is 0. The van der Waals surface area contributed by atoms with Gasteiger partial charge in [0, 0.05) is 29.7 Å². The van der Waals surface area contributed by atoms with Gasteiger partial charge in [0.05, 0.1) is 5.02 Å². The van der Waals surface area contributed by atoms with Gasteiger partial charge < -0.3 is 0 Å². The third-order valence-electron chi connectivity index (χ3n) is 1.97. The van der Waals surface area contributed by atoms with Gasteiger partial charge >= 0.3 is 0 Å². The molecule has 4 heteroatoms. The number of hydrogen-bond acceptors (Lipinski definition) is 3. The minimum atomic E-state index is 0.359. The van der Waals surface area contributed by atoms with Gasteiger partial charge in [-0.3, -0.25) is 14.8 Å². The quantitative estimate of drug-likeness (QED) is 0.728. The van der Waals surface area contributed by atoms with Gasteiger partial charge in [0.15, 0.2) is 6.29 Å². The summed E-state index contributed by atoms with van der Waals surface area (Å²) in [5, 5.41) is 0.508. The Morgan fingerprint density at radius 3 is 2.87 bits per heavy atom. The average Bonchev–Trinajstić information content (AvgIpc) is 2.31. The Hall–Kier alpha value is -1.74. The average molecular weight is 219 g/mol. The highest BCUT2D eigenvalue weighted by Crippen LogP contribution is 2.26. The van der Waals surface area contributed by atoms with E-state index in [4.69, 9.17) is 11.6 Å². The van der Waals surface area contributed by atoms with Crippen LogP contribution in [0.4, 0.5) is 0 Å². The largest absolute Gasteiger partial charge is 0.296 e. The fraction of sp³-hybridized carbons (Fsp3) is 0. The molecule has 2 aromatic rings. The van der Waals surface area contributed by atoms with Crippen LogP contribution in [0.1, 0.15) is 10.5 Å². The molecule has 2 rings (SSSR count). The summed E-state index contributed by atoms with van der Waals surface area (Å²) in [6, 6.07) is 5.34. The normalized spacial score (nSPS) is 9.93. The topological polar surface area (TPSA) is 42.9 Å². The van der Waals surface area contributed by atoms with Crippen LogP contribution in [-0.4, -0.2) is 16.3 Å². The first kappa shape index (κ1) is 9.80. The molecule has 74 valence electrons. The Labute approximate surface area is 91.8 Å². The van der Waals surface area contributed by atoms with Crippen molar-refractivity contribution in [2.75, 3.05) is 0 Å². The van der Waals surface area contributed by atoms with Crippen molar-refractivity contribution in [2.45, 2.75) is 0 Å². The first-order valence-electron chi connectivity index (χ1n) is 4.32. The highest BCUT2D eigenvalue weighted by Gasteiger charge is 2.05. The molecule has 0 amide bonds. The molecule has 0 radical (unpaired) electrons. The zero-order valence-electron chi connectivity index (χ0n) is 7.72. The number of halogens is 1. The maximum Gasteiger partial charge on any atom is 0.168 e. The lowest BCUT2D eigenvalue weighted by molar-refractivity contribution is 0.111. The van der Waals surface area contributed by atoms with E-state index in [1.54, 1.807) is 18.5 Å². The van der Waals surface area contributed by atoms with E-state index in [1.165, 1.54) is 6.20 Å². The molecule has 0 aliphatic heterocycles. The molecular weight excluding hydrogens is 212 g/mol. The molecule has 0 spiro atoms. The van der Waals surface area contributed by atoms with E-state index in [-0.39, 0.29) is 0 Å². The van der Waals surface area contributed by atoms with Crippen molar-refractivity contribution in [3.63, 3.8) is 0 Å². The maximum absolute atomic E-state index is 10.6. The lowest BCUT2D eigenvalue weighted by Crippen LogP contribution is -1.89. The number of carbonyl (C=O) groups is 1. The van der Waals surface area contributed by atoms with Gasteiger partial charge in [-0.05, 0) is 12.1 Å². The molecule has 0 aromatic carbocycles. The Morgan fingerprint density at radius 1 is 1.33 bits per heavy atom. The Morgan fingerprint density at radius 2 is 2.20 bits per heavy atom. The molecule has 0 bridgehead atoms. The summed E-state index contributed by atoms with van der Waals surface area (Å²) in [7, 11) is 0. The molecular formula is C11H7ClN2O. The molecule has 0 N–H and O–H groups in total. The molecule has 2 heterocycles. The number of nitrogens with zero attached hydrogens (tertiary/aromatic N) is 2. The van der Waals surface area contributed by atoms with Crippen molar-refractivity contribution in [3.8, 4) is 11.1 Å². The molecule has 2 aromatic heterocycles. The van der Waals surface area contributed by atoms with Crippen LogP contribution in [0.25, 0.3) is 11.1 Å². The van der Waals surface area contributed by atoms with Crippen LogP contribution in [0, 0.1) is 0 Å². The van der Waals surface area contributed by atoms with E-state index >= 15 is 0 Å². The predicted molar refractivity (Wildman–Crippen MR) is 57.9 cm³/mol. The highest BCUT2D eigenvalue weighted by molar-refractivity contribution is 6.33. The number of aromatic nitrogens is 2. The second kappa shape index (κ2) is 4.19. The molecule has 3 nitrogen and oxygen atoms in total. The zero-order valence-corrected chi connectivity index (χ0v) is 8.48. The number of pyridine rings is 2. The van der Waals surface area contributed by atoms with E-state index in [1.807, 2.05) is 12.1 Å². The lowest BCUT2D eigenvalue weighted by atomic mass is 10.1. The van der Waals surface area contributed by atoms with E-state index in [0.29, 0.717) is 17.0 Å². The molecule has 0 saturated heterocycles. The molecule has 0 unspecified atom stereocenters. The fourth-order valence-corrected chi connectivity index (χ4v) is 1.48. The van der Waals surface area contributed by atoms with Crippen molar-refractivity contribution >= 4 is 17.9 Å². The predicted octanol–water partition coefficient (Wildman–Crippen LogP) is 2.61. The van der Waals surface area contributed by atoms with Gasteiger partial charge in [0.25, 0.3) is 0 Å². The monoisotopic (exact) mass is 218 g/mol. The minimum Gasteiger partial charge on any atom is -0.296 e. The summed E-state index contributed by atoms with van der Waals surface area (Å²) in [5.41, 5.74) is 1.99. The first-order chi connectivity index (χ1) is 7.31. The Bertz CT molecular complexity index is 485. The van der Waals surface area contributed by atoms with Gasteiger partial charge in [-0.1, -0.05) is 17.7 Å². The number of aldehydes is 1. The summed E-state index contributed by atoms with van der Waals surface area (Å²) in [6.45, 7) is 0. The summed E-state index contributed by atoms with van der Waals surface area (Å²) >= 11 is 5.98. The molecule has 0 saturated carbocycles. The summed E-state index contributed by atoms with van der Waals surface area (Å²) < 4.78 is 0. The summed E-state index contributed by atoms with van der Waals surface area (Å²) in [6.07, 6.45) is 5.53. The van der Waals surface area contributed by atoms with Crippen LogP contribution in [0.5, 0.6) is 0 Å². The van der Waals surface area contributed by atoms with Crippen LogP contribution >= 0.6 is 11.6 Å². The Balaban J connectivity index is 2.57. The first-order valence-corrected chi connectivity index (χ1v) is 4.70. The molecule has 15 heavy (non-hydrogen) atoms. The van der Waals surface area contributed by atoms with Gasteiger partial charge in [-0.2, -0.15) is 0 Å². The molecule has 0 aliphatic carbocycles. The number of hydrogen-bond donors (Lipinski definition) is 0. The van der Waals surface area contributed by atoms with E-state index in [2.05, 4.69) is 9.97 Å². The van der Waals surface area contributed by atoms with Gasteiger partial charge in [0.1, 0.15) is 5.69 Å². The second-order valence-corrected chi connectivity index (χ2v) is 3.36. The highest BCUT2D eigenvalue weighted by atomic mass is 35.5. The van der Waals surface area contributed by atoms with Crippen molar-refractivity contribution in [1.82, 2.24) is 9.97 Å². The summed E-state index contributed by atoms with van der Waals surface area (Å²) in [4.78, 5) is 18.4. The standard InChI is InChI=1S/C11H7ClN2O/c12-11-6-14-9(7-15)4-10(11)8-2-1-3-13-5-8/h1-7H. The Kier molecular flexibility index (Phi) is 2.74. The second-order valence-electron chi connectivity index (χ2n) is 2.95. The third kappa shape index (κ3) is 2.02. The zero-order chi connectivity index (χ0) is 10.7. The third-order valence-corrected chi connectivity index (χ3v) is 2.27. The van der Waals surface area contributed by atoms with Gasteiger partial charge in [-0.15, -0.1) is 0 Å². The fourth-order valence-electron chi connectivity index (χ4n) is 1.26. The molecule has 0 aliphatic rings. The van der Waals surface area contributed by atoms with Crippen LogP contribution < -0.4 is 0 Å². The van der Waals surface area contributed by atoms with Crippen molar-refractivity contribution in [3.05, 3.63) is 47.5 Å². The van der Waals surface area contributed by atoms with Crippen LogP contribution in [-0.2, 0) is 0 Å². The molecule has 0 atom stereocenters.